The summed E-state index contributed by atoms with van der Waals surface area (Å²) in [4.78, 5) is 122. The first-order valence-electron chi connectivity index (χ1n) is 34.6. The van der Waals surface area contributed by atoms with Crippen LogP contribution in [0.1, 0.15) is 91.4 Å². The second-order valence-electron chi connectivity index (χ2n) is 25.7. The summed E-state index contributed by atoms with van der Waals surface area (Å²) in [5.41, 5.74) is 10.5. The number of nitrogens with two attached hydrogens (primary N) is 1. The molecule has 544 valence electrons. The SMILES string of the molecule is COC(=O)CNC(=O)CN(C)C(=O)Cn1nc(C2CCN(C(=O)CCC(=O)NCCOCCOCCOCCOCCOCCC(=O)N3CCC(c4ccc(Nc5nc(N6CCC[C@@H](N7CCN(C)C7=O)C6)cnc5C(N)=O)cc4)CC3)CC2)c2c(-c3cc4c(cnn4C)cc3F)cccc21. The number of urea groups is 1. The maximum Gasteiger partial charge on any atom is 0.325 e. The van der Waals surface area contributed by atoms with Crippen LogP contribution >= 0.6 is 0 Å². The number of nitrogens with one attached hydrogen (secondary N) is 3. The molecule has 3 aromatic heterocycles. The number of primary amides is 1. The zero-order valence-electron chi connectivity index (χ0n) is 58.0. The zero-order chi connectivity index (χ0) is 71.4. The Labute approximate surface area is 585 Å². The minimum absolute atomic E-state index is 0.0101. The maximum absolute atomic E-state index is 16.0. The number of fused-ring (bicyclic) bond motifs is 2. The molecule has 7 heterocycles. The van der Waals surface area contributed by atoms with E-state index in [2.05, 4.69) is 47.8 Å². The molecule has 3 aromatic carbocycles. The van der Waals surface area contributed by atoms with Crippen molar-refractivity contribution in [1.29, 1.82) is 0 Å². The molecule has 31 heteroatoms. The van der Waals surface area contributed by atoms with Gasteiger partial charge in [0, 0.05) is 121 Å². The Kier molecular flexibility index (Phi) is 26.7. The quantitative estimate of drug-likeness (QED) is 0.0323. The van der Waals surface area contributed by atoms with Gasteiger partial charge in [0.25, 0.3) is 5.91 Å². The number of rotatable bonds is 35. The summed E-state index contributed by atoms with van der Waals surface area (Å²) < 4.78 is 51.9. The van der Waals surface area contributed by atoms with E-state index in [0.717, 1.165) is 49.0 Å². The number of aromatic nitrogens is 6. The molecule has 8 amide bonds. The molecule has 4 aliphatic heterocycles. The standard InChI is InChI=1S/C70H93FN16O14/c1-80-27-28-86(70(80)95)52-7-6-22-85(44-52)58-42-75-67(68(72)94)69(78-58)77-51-12-10-47(11-13-51)48-16-23-84(24-17-48)62(91)20-29-97-31-33-99-35-37-101-38-36-100-34-32-98-30-21-73-59(88)14-15-61(90)83-25-18-49(19-26-83)66-65-53(54-40-57-50(39-55(54)71)41-76-82(57)3)8-5-9-56(65)87(79-66)46-63(92)81(2)45-60(89)74-43-64(93)96-4/h5,8-13,39-42,48-49,52H,6-7,14-38,43-46H2,1-4H3,(H2,72,94)(H,73,88)(H,74,89)(H,77,78)/t52-/m1/s1. The second kappa shape index (κ2) is 36.3. The minimum Gasteiger partial charge on any atom is -0.468 e. The van der Waals surface area contributed by atoms with Gasteiger partial charge in [0.15, 0.2) is 11.5 Å². The van der Waals surface area contributed by atoms with Crippen molar-refractivity contribution in [3.63, 3.8) is 0 Å². The summed E-state index contributed by atoms with van der Waals surface area (Å²) in [7, 11) is 6.28. The van der Waals surface area contributed by atoms with E-state index >= 15 is 4.39 Å². The number of benzene rings is 3. The van der Waals surface area contributed by atoms with Crippen molar-refractivity contribution in [2.24, 2.45) is 12.8 Å². The van der Waals surface area contributed by atoms with E-state index in [0.29, 0.717) is 163 Å². The van der Waals surface area contributed by atoms with Crippen LogP contribution in [-0.2, 0) is 70.8 Å². The normalized spacial score (nSPS) is 16.1. The van der Waals surface area contributed by atoms with Crippen LogP contribution in [0, 0.1) is 5.82 Å². The lowest BCUT2D eigenvalue weighted by atomic mass is 9.88. The van der Waals surface area contributed by atoms with Crippen molar-refractivity contribution in [2.45, 2.75) is 82.2 Å². The number of esters is 1. The van der Waals surface area contributed by atoms with Crippen LogP contribution in [0.5, 0.6) is 0 Å². The summed E-state index contributed by atoms with van der Waals surface area (Å²) in [6.45, 7) is 7.73. The van der Waals surface area contributed by atoms with Crippen LogP contribution in [0.2, 0.25) is 0 Å². The third kappa shape index (κ3) is 20.0. The van der Waals surface area contributed by atoms with Crippen molar-refractivity contribution in [3.05, 3.63) is 89.8 Å². The van der Waals surface area contributed by atoms with E-state index in [-0.39, 0.29) is 99.3 Å². The van der Waals surface area contributed by atoms with E-state index in [1.165, 1.54) is 25.1 Å². The molecule has 0 radical (unpaired) electrons. The molecule has 30 nitrogen and oxygen atoms in total. The average Bonchev–Trinajstić information content (AvgIpc) is 1.61. The summed E-state index contributed by atoms with van der Waals surface area (Å²) >= 11 is 0. The van der Waals surface area contributed by atoms with Gasteiger partial charge in [0.1, 0.15) is 24.7 Å². The van der Waals surface area contributed by atoms with Crippen LogP contribution in [-0.4, -0.2) is 267 Å². The lowest BCUT2D eigenvalue weighted by molar-refractivity contribution is -0.141. The molecule has 5 N–H and O–H groups in total. The van der Waals surface area contributed by atoms with Crippen molar-refractivity contribution in [1.82, 2.24) is 64.7 Å². The molecule has 4 aliphatic rings. The van der Waals surface area contributed by atoms with Gasteiger partial charge < -0.3 is 79.5 Å². The minimum atomic E-state index is -0.688. The summed E-state index contributed by atoms with van der Waals surface area (Å²) in [6.07, 6.45) is 8.03. The van der Waals surface area contributed by atoms with Gasteiger partial charge in [0.05, 0.1) is 121 Å². The molecule has 0 unspecified atom stereocenters. The van der Waals surface area contributed by atoms with E-state index in [1.807, 2.05) is 41.1 Å². The number of likely N-dealkylation sites (tertiary alicyclic amines) is 2. The van der Waals surface area contributed by atoms with Gasteiger partial charge in [-0.2, -0.15) is 10.2 Å². The number of nitrogens with zero attached hydrogens (tertiary/aromatic N) is 12. The molecule has 101 heavy (non-hydrogen) atoms. The number of hydrogen-bond donors (Lipinski definition) is 4. The Balaban J connectivity index is 0.538. The number of ether oxygens (including phenoxy) is 6. The largest absolute Gasteiger partial charge is 0.468 e. The number of carbonyl (C=O) groups excluding carboxylic acids is 8. The highest BCUT2D eigenvalue weighted by molar-refractivity contribution is 6.00. The van der Waals surface area contributed by atoms with Gasteiger partial charge in [-0.25, -0.2) is 19.2 Å². The van der Waals surface area contributed by atoms with Crippen molar-refractivity contribution in [3.8, 4) is 11.1 Å². The number of likely N-dealkylation sites (N-methyl/N-ethyl adjacent to an activating group) is 2. The van der Waals surface area contributed by atoms with Gasteiger partial charge in [-0.05, 0) is 85.9 Å². The number of hydrogen-bond acceptors (Lipinski definition) is 20. The third-order valence-corrected chi connectivity index (χ3v) is 18.9. The molecule has 0 aliphatic carbocycles. The number of methoxy groups -OCH3 is 1. The Morgan fingerprint density at radius 2 is 1.35 bits per heavy atom. The molecule has 1 atom stereocenters. The van der Waals surface area contributed by atoms with Crippen molar-refractivity contribution < 1.29 is 71.2 Å². The number of anilines is 3. The topological polar surface area (TPSA) is 335 Å². The molecular weight excluding hydrogens is 1310 g/mol. The highest BCUT2D eigenvalue weighted by atomic mass is 19.1. The van der Waals surface area contributed by atoms with E-state index in [9.17, 15) is 38.4 Å². The highest BCUT2D eigenvalue weighted by Crippen LogP contribution is 2.40. The fourth-order valence-corrected chi connectivity index (χ4v) is 13.2. The number of piperidine rings is 3. The first-order valence-corrected chi connectivity index (χ1v) is 34.6. The monoisotopic (exact) mass is 1400 g/mol. The van der Waals surface area contributed by atoms with Gasteiger partial charge >= 0.3 is 12.0 Å². The number of aryl methyl sites for hydroxylation is 1. The van der Waals surface area contributed by atoms with E-state index < -0.39 is 29.5 Å². The highest BCUT2D eigenvalue weighted by Gasteiger charge is 2.36. The van der Waals surface area contributed by atoms with Crippen LogP contribution < -0.4 is 26.6 Å². The Morgan fingerprint density at radius 1 is 0.693 bits per heavy atom. The van der Waals surface area contributed by atoms with E-state index in [4.69, 9.17) is 39.5 Å². The van der Waals surface area contributed by atoms with Gasteiger partial charge in [-0.1, -0.05) is 24.3 Å². The molecule has 4 saturated heterocycles. The fourth-order valence-electron chi connectivity index (χ4n) is 13.2. The maximum atomic E-state index is 16.0. The molecule has 0 saturated carbocycles. The summed E-state index contributed by atoms with van der Waals surface area (Å²) in [5.74, 6) is -2.10. The molecule has 4 fully saturated rings. The molecule has 0 bridgehead atoms. The zero-order valence-corrected chi connectivity index (χ0v) is 58.0. The lowest BCUT2D eigenvalue weighted by Gasteiger charge is -2.37. The number of halogens is 1. The lowest BCUT2D eigenvalue weighted by Crippen LogP contribution is -2.49. The number of carbonyl (C=O) groups is 8. The van der Waals surface area contributed by atoms with Gasteiger partial charge in [-0.3, -0.25) is 42.9 Å². The van der Waals surface area contributed by atoms with Gasteiger partial charge in [-0.15, -0.1) is 0 Å². The molecule has 10 rings (SSSR count). The van der Waals surface area contributed by atoms with E-state index in [1.54, 1.807) is 50.7 Å². The summed E-state index contributed by atoms with van der Waals surface area (Å²) in [6, 6.07) is 16.7. The smallest absolute Gasteiger partial charge is 0.325 e. The Bertz CT molecular complexity index is 3860. The second-order valence-corrected chi connectivity index (χ2v) is 25.7. The molecular formula is C70H93FN16O14. The van der Waals surface area contributed by atoms with Crippen molar-refractivity contribution in [2.75, 3.05) is 169 Å². The first-order chi connectivity index (χ1) is 48.9. The van der Waals surface area contributed by atoms with Crippen molar-refractivity contribution >= 4 is 86.6 Å². The Hall–Kier alpha value is -9.43. The summed E-state index contributed by atoms with van der Waals surface area (Å²) in [5, 5.41) is 19.1. The number of amides is 8. The van der Waals surface area contributed by atoms with Crippen LogP contribution in [0.3, 0.4) is 0 Å². The average molecular weight is 1400 g/mol. The van der Waals surface area contributed by atoms with Crippen LogP contribution in [0.4, 0.5) is 26.5 Å². The molecule has 0 spiro atoms. The fraction of sp³-hybridized carbons (Fsp3) is 0.543. The first kappa shape index (κ1) is 74.3. The predicted octanol–water partition coefficient (Wildman–Crippen LogP) is 3.93. The molecule has 6 aromatic rings. The Morgan fingerprint density at radius 3 is 2.00 bits per heavy atom. The van der Waals surface area contributed by atoms with Gasteiger partial charge in [0.2, 0.25) is 29.5 Å². The third-order valence-electron chi connectivity index (χ3n) is 18.9. The van der Waals surface area contributed by atoms with Crippen LogP contribution in [0.15, 0.2) is 67.0 Å². The van der Waals surface area contributed by atoms with Crippen LogP contribution in [0.25, 0.3) is 32.9 Å². The predicted molar refractivity (Wildman–Crippen MR) is 370 cm³/mol.